The second-order valence-corrected chi connectivity index (χ2v) is 8.74. The van der Waals surface area contributed by atoms with Gasteiger partial charge in [-0.3, -0.25) is 9.13 Å². The standard InChI is InChI=1S/C12H23N3O11P2/c1-8(25-6-27(17,18)19)4-23-10-2-11(15-12(13)14-10)24-5-9(3-16)26-7-28(20,21)22/h2,8-9,16H,3-7H2,1H3,(H2,13,14,15)(H2,17,18,19)(H2,20,21,22)/t8-,9-/m0/s1. The summed E-state index contributed by atoms with van der Waals surface area (Å²) < 4.78 is 41.9. The van der Waals surface area contributed by atoms with E-state index in [2.05, 4.69) is 9.97 Å². The molecule has 1 aromatic rings. The molecule has 0 aliphatic rings. The summed E-state index contributed by atoms with van der Waals surface area (Å²) in [4.78, 5) is 42.6. The third kappa shape index (κ3) is 11.5. The quantitative estimate of drug-likeness (QED) is 0.197. The molecule has 0 saturated heterocycles. The molecule has 0 aliphatic heterocycles. The summed E-state index contributed by atoms with van der Waals surface area (Å²) in [5.41, 5.74) is 5.54. The van der Waals surface area contributed by atoms with E-state index in [1.54, 1.807) is 0 Å². The fraction of sp³-hybridized carbons (Fsp3) is 0.667. The number of nitrogen functional groups attached to an aromatic ring is 1. The smallest absolute Gasteiger partial charge is 0.350 e. The summed E-state index contributed by atoms with van der Waals surface area (Å²) in [6.45, 7) is 0.592. The van der Waals surface area contributed by atoms with Crippen molar-refractivity contribution in [2.45, 2.75) is 19.1 Å². The molecule has 1 rings (SSSR count). The van der Waals surface area contributed by atoms with Gasteiger partial charge in [-0.1, -0.05) is 0 Å². The Labute approximate surface area is 159 Å². The number of aromatic nitrogens is 2. The Bertz CT molecular complexity index is 710. The minimum atomic E-state index is -4.39. The second kappa shape index (κ2) is 11.0. The molecule has 0 bridgehead atoms. The van der Waals surface area contributed by atoms with Crippen LogP contribution in [-0.2, 0) is 18.6 Å². The fourth-order valence-electron chi connectivity index (χ4n) is 1.58. The van der Waals surface area contributed by atoms with E-state index in [4.69, 9.17) is 49.4 Å². The van der Waals surface area contributed by atoms with E-state index in [1.165, 1.54) is 13.0 Å². The molecule has 0 spiro atoms. The Morgan fingerprint density at radius 2 is 1.50 bits per heavy atom. The summed E-state index contributed by atoms with van der Waals surface area (Å²) in [5, 5.41) is 9.15. The van der Waals surface area contributed by atoms with Crippen LogP contribution in [0.3, 0.4) is 0 Å². The van der Waals surface area contributed by atoms with E-state index < -0.39 is 46.7 Å². The van der Waals surface area contributed by atoms with Crippen molar-refractivity contribution in [1.82, 2.24) is 9.97 Å². The number of hydrogen-bond acceptors (Lipinski definition) is 10. The van der Waals surface area contributed by atoms with Crippen molar-refractivity contribution in [3.05, 3.63) is 6.07 Å². The van der Waals surface area contributed by atoms with Crippen molar-refractivity contribution in [1.29, 1.82) is 0 Å². The third-order valence-electron chi connectivity index (χ3n) is 2.79. The zero-order valence-electron chi connectivity index (χ0n) is 14.8. The SMILES string of the molecule is C[C@@H](COc1cc(OC[C@H](CO)OCP(=O)(O)O)nc(N)n1)OCP(=O)(O)O. The predicted octanol–water partition coefficient (Wildman–Crippen LogP) is -1.13. The summed E-state index contributed by atoms with van der Waals surface area (Å²) in [6, 6.07) is 1.25. The molecule has 2 atom stereocenters. The molecule has 0 aromatic carbocycles. The molecule has 16 heteroatoms. The predicted molar refractivity (Wildman–Crippen MR) is 93.8 cm³/mol. The molecule has 1 heterocycles. The molecule has 0 fully saturated rings. The minimum Gasteiger partial charge on any atom is -0.475 e. The molecule has 0 aliphatic carbocycles. The Morgan fingerprint density at radius 1 is 1.00 bits per heavy atom. The maximum atomic E-state index is 10.8. The van der Waals surface area contributed by atoms with Crippen LogP contribution in [0.25, 0.3) is 0 Å². The molecule has 0 saturated carbocycles. The number of anilines is 1. The number of hydrogen-bond donors (Lipinski definition) is 6. The van der Waals surface area contributed by atoms with Crippen LogP contribution in [0.4, 0.5) is 5.95 Å². The first kappa shape index (κ1) is 24.7. The van der Waals surface area contributed by atoms with E-state index in [-0.39, 0.29) is 30.9 Å². The van der Waals surface area contributed by atoms with Gasteiger partial charge in [-0.2, -0.15) is 9.97 Å². The molecule has 0 amide bonds. The van der Waals surface area contributed by atoms with E-state index in [0.717, 1.165) is 0 Å². The zero-order chi connectivity index (χ0) is 21.4. The van der Waals surface area contributed by atoms with Crippen molar-refractivity contribution in [2.24, 2.45) is 0 Å². The van der Waals surface area contributed by atoms with Gasteiger partial charge in [0.2, 0.25) is 17.7 Å². The van der Waals surface area contributed by atoms with E-state index in [0.29, 0.717) is 0 Å². The summed E-state index contributed by atoms with van der Waals surface area (Å²) in [7, 11) is -8.69. The van der Waals surface area contributed by atoms with Crippen molar-refractivity contribution in [3.63, 3.8) is 0 Å². The lowest BCUT2D eigenvalue weighted by atomic mass is 10.4. The van der Waals surface area contributed by atoms with Gasteiger partial charge in [-0.25, -0.2) is 0 Å². The molecular formula is C12H23N3O11P2. The summed E-state index contributed by atoms with van der Waals surface area (Å²) >= 11 is 0. The topological polar surface area (TPSA) is 224 Å². The molecule has 0 unspecified atom stereocenters. The van der Waals surface area contributed by atoms with Crippen molar-refractivity contribution >= 4 is 21.1 Å². The van der Waals surface area contributed by atoms with Gasteiger partial charge in [-0.15, -0.1) is 0 Å². The monoisotopic (exact) mass is 447 g/mol. The molecule has 28 heavy (non-hydrogen) atoms. The fourth-order valence-corrected chi connectivity index (χ4v) is 2.43. The lowest BCUT2D eigenvalue weighted by Crippen LogP contribution is -2.26. The van der Waals surface area contributed by atoms with E-state index in [1.807, 2.05) is 0 Å². The second-order valence-electron chi connectivity index (χ2n) is 5.56. The highest BCUT2D eigenvalue weighted by atomic mass is 31.2. The first-order chi connectivity index (χ1) is 12.9. The molecule has 7 N–H and O–H groups in total. The minimum absolute atomic E-state index is 0.00851. The van der Waals surface area contributed by atoms with Gasteiger partial charge in [0.05, 0.1) is 18.8 Å². The van der Waals surface area contributed by atoms with Crippen molar-refractivity contribution in [3.8, 4) is 11.8 Å². The first-order valence-electron chi connectivity index (χ1n) is 7.71. The van der Waals surface area contributed by atoms with Crippen molar-refractivity contribution < 1.29 is 52.8 Å². The Hall–Kier alpha value is -1.34. The number of aliphatic hydroxyl groups is 1. The van der Waals surface area contributed by atoms with Crippen LogP contribution in [0.15, 0.2) is 6.07 Å². The Balaban J connectivity index is 2.57. The number of nitrogens with zero attached hydrogens (tertiary/aromatic N) is 2. The first-order valence-corrected chi connectivity index (χ1v) is 11.3. The number of aliphatic hydroxyl groups excluding tert-OH is 1. The average molecular weight is 447 g/mol. The number of ether oxygens (including phenoxy) is 4. The maximum Gasteiger partial charge on any atom is 0.350 e. The van der Waals surface area contributed by atoms with Gasteiger partial charge >= 0.3 is 15.2 Å². The van der Waals surface area contributed by atoms with Gasteiger partial charge in [0, 0.05) is 0 Å². The van der Waals surface area contributed by atoms with Crippen LogP contribution < -0.4 is 15.2 Å². The van der Waals surface area contributed by atoms with E-state index >= 15 is 0 Å². The molecule has 162 valence electrons. The van der Waals surface area contributed by atoms with Crippen molar-refractivity contribution in [2.75, 3.05) is 38.3 Å². The van der Waals surface area contributed by atoms with E-state index in [9.17, 15) is 9.13 Å². The molecule has 14 nitrogen and oxygen atoms in total. The highest BCUT2D eigenvalue weighted by Crippen LogP contribution is 2.35. The van der Waals surface area contributed by atoms with Gasteiger partial charge in [0.25, 0.3) is 0 Å². The summed E-state index contributed by atoms with van der Waals surface area (Å²) in [5.74, 6) is -0.261. The van der Waals surface area contributed by atoms with Crippen LogP contribution in [0.1, 0.15) is 6.92 Å². The van der Waals surface area contributed by atoms with Crippen LogP contribution in [0.5, 0.6) is 11.8 Å². The lowest BCUT2D eigenvalue weighted by Gasteiger charge is -2.17. The maximum absolute atomic E-state index is 10.8. The molecule has 0 radical (unpaired) electrons. The highest BCUT2D eigenvalue weighted by Gasteiger charge is 2.19. The number of nitrogens with two attached hydrogens (primary N) is 1. The largest absolute Gasteiger partial charge is 0.475 e. The van der Waals surface area contributed by atoms with Gasteiger partial charge < -0.3 is 49.4 Å². The lowest BCUT2D eigenvalue weighted by molar-refractivity contribution is 0.000371. The van der Waals surface area contributed by atoms with Crippen LogP contribution >= 0.6 is 15.2 Å². The normalized spacial score (nSPS) is 14.5. The van der Waals surface area contributed by atoms with Crippen LogP contribution in [0.2, 0.25) is 0 Å². The summed E-state index contributed by atoms with van der Waals surface area (Å²) in [6.07, 6.45) is -3.31. The highest BCUT2D eigenvalue weighted by molar-refractivity contribution is 7.51. The number of rotatable bonds is 13. The third-order valence-corrected chi connectivity index (χ3v) is 3.76. The molecular weight excluding hydrogens is 424 g/mol. The average Bonchev–Trinajstić information content (AvgIpc) is 2.56. The zero-order valence-corrected chi connectivity index (χ0v) is 16.6. The van der Waals surface area contributed by atoms with Crippen LogP contribution in [-0.4, -0.2) is 79.4 Å². The van der Waals surface area contributed by atoms with Gasteiger partial charge in [-0.05, 0) is 6.92 Å². The van der Waals surface area contributed by atoms with Gasteiger partial charge in [0.1, 0.15) is 32.0 Å². The Morgan fingerprint density at radius 3 is 2.00 bits per heavy atom. The van der Waals surface area contributed by atoms with Gasteiger partial charge in [0.15, 0.2) is 0 Å². The van der Waals surface area contributed by atoms with Crippen LogP contribution in [0, 0.1) is 0 Å². The molecule has 1 aromatic heterocycles. The Kier molecular flexibility index (Phi) is 9.70.